The Morgan fingerprint density at radius 3 is 2.69 bits per heavy atom. The molecule has 0 saturated heterocycles. The van der Waals surface area contributed by atoms with Gasteiger partial charge in [-0.25, -0.2) is 13.8 Å². The summed E-state index contributed by atoms with van der Waals surface area (Å²) < 4.78 is 29.4. The highest BCUT2D eigenvalue weighted by molar-refractivity contribution is 7.98. The molecule has 0 radical (unpaired) electrons. The summed E-state index contributed by atoms with van der Waals surface area (Å²) in [6.45, 7) is 2.37. The second-order valence-corrected chi connectivity index (χ2v) is 8.35. The summed E-state index contributed by atoms with van der Waals surface area (Å²) in [7, 11) is 0. The second kappa shape index (κ2) is 7.12. The Kier molecular flexibility index (Phi) is 4.84. The van der Waals surface area contributed by atoms with Gasteiger partial charge < -0.3 is 0 Å². The van der Waals surface area contributed by atoms with Crippen LogP contribution in [0.4, 0.5) is 8.78 Å². The van der Waals surface area contributed by atoms with Crippen LogP contribution in [-0.2, 0) is 25.1 Å². The summed E-state index contributed by atoms with van der Waals surface area (Å²) in [4.78, 5) is 19.7. The smallest absolute Gasteiger partial charge is 0.263 e. The van der Waals surface area contributed by atoms with Crippen LogP contribution in [0.15, 0.2) is 28.2 Å². The van der Waals surface area contributed by atoms with E-state index in [1.165, 1.54) is 34.8 Å². The molecular formula is C19H18F2N2OS2. The fraction of sp³-hybridized carbons (Fsp3) is 0.368. The molecule has 0 N–H and O–H groups in total. The molecule has 0 spiro atoms. The van der Waals surface area contributed by atoms with E-state index in [1.54, 1.807) is 15.9 Å². The van der Waals surface area contributed by atoms with Gasteiger partial charge in [-0.15, -0.1) is 11.3 Å². The van der Waals surface area contributed by atoms with Crippen molar-refractivity contribution < 1.29 is 8.78 Å². The molecule has 26 heavy (non-hydrogen) atoms. The molecule has 0 amide bonds. The molecule has 0 aliphatic heterocycles. The average molecular weight is 392 g/mol. The SMILES string of the molecule is CCn1c(SCc2c(F)cccc2F)nc2sc3c(c2c1=O)CCCC3. The van der Waals surface area contributed by atoms with E-state index in [2.05, 4.69) is 4.98 Å². The van der Waals surface area contributed by atoms with Gasteiger partial charge in [0.2, 0.25) is 0 Å². The maximum Gasteiger partial charge on any atom is 0.263 e. The molecule has 1 aliphatic rings. The number of halogens is 2. The Labute approximate surface area is 158 Å². The topological polar surface area (TPSA) is 34.9 Å². The molecule has 1 aromatic carbocycles. The largest absolute Gasteiger partial charge is 0.287 e. The molecule has 2 aromatic heterocycles. The van der Waals surface area contributed by atoms with Crippen molar-refractivity contribution in [3.63, 3.8) is 0 Å². The molecule has 3 aromatic rings. The van der Waals surface area contributed by atoms with Crippen molar-refractivity contribution in [2.45, 2.75) is 50.1 Å². The molecule has 136 valence electrons. The number of thioether (sulfide) groups is 1. The minimum absolute atomic E-state index is 0.0139. The number of thiophene rings is 1. The van der Waals surface area contributed by atoms with E-state index in [1.807, 2.05) is 6.92 Å². The van der Waals surface area contributed by atoms with E-state index >= 15 is 0 Å². The first kappa shape index (κ1) is 17.7. The van der Waals surface area contributed by atoms with Crippen molar-refractivity contribution in [1.29, 1.82) is 0 Å². The lowest BCUT2D eigenvalue weighted by molar-refractivity contribution is 0.565. The van der Waals surface area contributed by atoms with Crippen LogP contribution < -0.4 is 5.56 Å². The molecule has 0 fully saturated rings. The maximum absolute atomic E-state index is 13.9. The van der Waals surface area contributed by atoms with Crippen molar-refractivity contribution >= 4 is 33.3 Å². The minimum atomic E-state index is -0.574. The number of aromatic nitrogens is 2. The fourth-order valence-electron chi connectivity index (χ4n) is 3.42. The number of nitrogens with zero attached hydrogens (tertiary/aromatic N) is 2. The number of benzene rings is 1. The van der Waals surface area contributed by atoms with Crippen molar-refractivity contribution in [3.05, 3.63) is 56.2 Å². The van der Waals surface area contributed by atoms with Crippen molar-refractivity contribution in [1.82, 2.24) is 9.55 Å². The number of aryl methyl sites for hydroxylation is 2. The summed E-state index contributed by atoms with van der Waals surface area (Å²) in [5.41, 5.74) is 1.14. The van der Waals surface area contributed by atoms with Crippen LogP contribution >= 0.6 is 23.1 Å². The summed E-state index contributed by atoms with van der Waals surface area (Å²) in [5.74, 6) is -1.05. The number of hydrogen-bond donors (Lipinski definition) is 0. The van der Waals surface area contributed by atoms with Crippen LogP contribution in [0.1, 0.15) is 35.8 Å². The summed E-state index contributed by atoms with van der Waals surface area (Å²) >= 11 is 2.80. The second-order valence-electron chi connectivity index (χ2n) is 6.32. The minimum Gasteiger partial charge on any atom is -0.287 e. The van der Waals surface area contributed by atoms with Crippen LogP contribution in [-0.4, -0.2) is 9.55 Å². The van der Waals surface area contributed by atoms with Gasteiger partial charge in [-0.05, 0) is 50.3 Å². The molecule has 2 heterocycles. The van der Waals surface area contributed by atoms with E-state index in [0.717, 1.165) is 41.5 Å². The van der Waals surface area contributed by atoms with E-state index in [-0.39, 0.29) is 16.9 Å². The van der Waals surface area contributed by atoms with E-state index in [4.69, 9.17) is 0 Å². The Hall–Kier alpha value is -1.73. The summed E-state index contributed by atoms with van der Waals surface area (Å²) in [6.07, 6.45) is 4.19. The van der Waals surface area contributed by atoms with E-state index in [0.29, 0.717) is 11.7 Å². The first-order valence-corrected chi connectivity index (χ1v) is 10.5. The first-order chi connectivity index (χ1) is 12.6. The standard InChI is InChI=1S/C19H18F2N2OS2/c1-2-23-18(24)16-11-6-3-4-9-15(11)26-17(16)22-19(23)25-10-12-13(20)7-5-8-14(12)21/h5,7-8H,2-4,6,9-10H2,1H3. The van der Waals surface area contributed by atoms with Gasteiger partial charge in [0.05, 0.1) is 5.39 Å². The Balaban J connectivity index is 1.76. The van der Waals surface area contributed by atoms with Crippen LogP contribution in [0, 0.1) is 11.6 Å². The van der Waals surface area contributed by atoms with Gasteiger partial charge in [-0.2, -0.15) is 0 Å². The Bertz CT molecular complexity index is 1020. The first-order valence-electron chi connectivity index (χ1n) is 8.71. The molecule has 3 nitrogen and oxygen atoms in total. The predicted molar refractivity (Wildman–Crippen MR) is 102 cm³/mol. The Morgan fingerprint density at radius 2 is 1.96 bits per heavy atom. The van der Waals surface area contributed by atoms with Gasteiger partial charge in [-0.1, -0.05) is 17.8 Å². The number of hydrogen-bond acceptors (Lipinski definition) is 4. The van der Waals surface area contributed by atoms with E-state index in [9.17, 15) is 13.6 Å². The molecule has 0 bridgehead atoms. The molecule has 0 atom stereocenters. The predicted octanol–water partition coefficient (Wildman–Crippen LogP) is 4.93. The van der Waals surface area contributed by atoms with Crippen molar-refractivity contribution in [2.75, 3.05) is 0 Å². The molecular weight excluding hydrogens is 374 g/mol. The molecule has 0 saturated carbocycles. The molecule has 4 rings (SSSR count). The van der Waals surface area contributed by atoms with Gasteiger partial charge >= 0.3 is 0 Å². The van der Waals surface area contributed by atoms with Gasteiger partial charge in [0.1, 0.15) is 16.5 Å². The molecule has 0 unspecified atom stereocenters. The van der Waals surface area contributed by atoms with Crippen LogP contribution in [0.3, 0.4) is 0 Å². The van der Waals surface area contributed by atoms with Crippen LogP contribution in [0.25, 0.3) is 10.2 Å². The third kappa shape index (κ3) is 2.97. The van der Waals surface area contributed by atoms with Crippen LogP contribution in [0.5, 0.6) is 0 Å². The normalized spacial score (nSPS) is 14.0. The third-order valence-electron chi connectivity index (χ3n) is 4.76. The molecule has 1 aliphatic carbocycles. The lowest BCUT2D eigenvalue weighted by atomic mass is 9.97. The average Bonchev–Trinajstić information content (AvgIpc) is 3.00. The van der Waals surface area contributed by atoms with E-state index < -0.39 is 11.6 Å². The summed E-state index contributed by atoms with van der Waals surface area (Å²) in [5, 5.41) is 1.26. The zero-order chi connectivity index (χ0) is 18.3. The fourth-order valence-corrected chi connectivity index (χ4v) is 5.80. The van der Waals surface area contributed by atoms with Gasteiger partial charge in [0.25, 0.3) is 5.56 Å². The monoisotopic (exact) mass is 392 g/mol. The number of fused-ring (bicyclic) bond motifs is 3. The summed E-state index contributed by atoms with van der Waals surface area (Å²) in [6, 6.07) is 3.84. The molecule has 7 heteroatoms. The zero-order valence-corrected chi connectivity index (χ0v) is 16.0. The quantitative estimate of drug-likeness (QED) is 0.467. The number of rotatable bonds is 4. The van der Waals surface area contributed by atoms with Crippen molar-refractivity contribution in [2.24, 2.45) is 0 Å². The third-order valence-corrected chi connectivity index (χ3v) is 6.95. The lowest BCUT2D eigenvalue weighted by Gasteiger charge is -2.12. The lowest BCUT2D eigenvalue weighted by Crippen LogP contribution is -2.23. The Morgan fingerprint density at radius 1 is 1.23 bits per heavy atom. The van der Waals surface area contributed by atoms with Gasteiger partial charge in [-0.3, -0.25) is 9.36 Å². The van der Waals surface area contributed by atoms with Gasteiger partial charge in [0.15, 0.2) is 5.16 Å². The van der Waals surface area contributed by atoms with Crippen molar-refractivity contribution in [3.8, 4) is 0 Å². The maximum atomic E-state index is 13.9. The highest BCUT2D eigenvalue weighted by Crippen LogP contribution is 2.35. The highest BCUT2D eigenvalue weighted by Gasteiger charge is 2.22. The zero-order valence-electron chi connectivity index (χ0n) is 14.3. The van der Waals surface area contributed by atoms with Crippen LogP contribution in [0.2, 0.25) is 0 Å². The highest BCUT2D eigenvalue weighted by atomic mass is 32.2. The van der Waals surface area contributed by atoms with Gasteiger partial charge in [0, 0.05) is 22.7 Å².